The van der Waals surface area contributed by atoms with Gasteiger partial charge in [-0.1, -0.05) is 24.3 Å². The first kappa shape index (κ1) is 17.3. The average Bonchev–Trinajstić information content (AvgIpc) is 3.13. The van der Waals surface area contributed by atoms with E-state index in [1.54, 1.807) is 30.5 Å². The highest BCUT2D eigenvalue weighted by molar-refractivity contribution is 5.92. The number of carbonyl (C=O) groups excluding carboxylic acids is 1. The van der Waals surface area contributed by atoms with Gasteiger partial charge in [0, 0.05) is 42.0 Å². The number of amides is 1. The van der Waals surface area contributed by atoms with E-state index < -0.39 is 4.92 Å². The predicted molar refractivity (Wildman–Crippen MR) is 104 cm³/mol. The average molecular weight is 373 g/mol. The Morgan fingerprint density at radius 1 is 1.11 bits per heavy atom. The largest absolute Gasteiger partial charge is 0.326 e. The minimum Gasteiger partial charge on any atom is -0.326 e. The van der Waals surface area contributed by atoms with Crippen molar-refractivity contribution in [1.82, 2.24) is 14.4 Å². The molecule has 0 spiro atoms. The molecule has 0 bridgehead atoms. The van der Waals surface area contributed by atoms with Gasteiger partial charge >= 0.3 is 0 Å². The summed E-state index contributed by atoms with van der Waals surface area (Å²) in [6.07, 6.45) is 5.60. The zero-order chi connectivity index (χ0) is 19.5. The van der Waals surface area contributed by atoms with Gasteiger partial charge in [0.25, 0.3) is 5.69 Å². The van der Waals surface area contributed by atoms with Crippen LogP contribution in [-0.4, -0.2) is 25.2 Å². The van der Waals surface area contributed by atoms with Gasteiger partial charge in [-0.05, 0) is 23.8 Å². The Bertz CT molecular complexity index is 1120. The fourth-order valence-electron chi connectivity index (χ4n) is 2.82. The molecule has 28 heavy (non-hydrogen) atoms. The molecule has 1 N–H and O–H groups in total. The van der Waals surface area contributed by atoms with Crippen LogP contribution in [0.3, 0.4) is 0 Å². The molecule has 0 saturated heterocycles. The Morgan fingerprint density at radius 3 is 2.54 bits per heavy atom. The molecule has 2 aromatic heterocycles. The number of benzene rings is 2. The SMILES string of the molecule is O=C(Cc1ccc([N+](=O)[O-])cc1)Nc1ccc(-c2cn3cccnc3n2)cc1. The third-order valence-corrected chi connectivity index (χ3v) is 4.21. The van der Waals surface area contributed by atoms with Crippen molar-refractivity contribution in [3.63, 3.8) is 0 Å². The van der Waals surface area contributed by atoms with Gasteiger partial charge in [0.05, 0.1) is 17.0 Å². The van der Waals surface area contributed by atoms with E-state index in [0.29, 0.717) is 17.0 Å². The Hall–Kier alpha value is -4.07. The topological polar surface area (TPSA) is 102 Å². The molecule has 0 unspecified atom stereocenters. The Morgan fingerprint density at radius 2 is 1.86 bits per heavy atom. The van der Waals surface area contributed by atoms with Crippen molar-refractivity contribution in [2.75, 3.05) is 5.32 Å². The summed E-state index contributed by atoms with van der Waals surface area (Å²) < 4.78 is 1.84. The number of nitrogens with zero attached hydrogens (tertiary/aromatic N) is 4. The molecule has 8 nitrogen and oxygen atoms in total. The van der Waals surface area contributed by atoms with Gasteiger partial charge in [-0.25, -0.2) is 9.97 Å². The van der Waals surface area contributed by atoms with Crippen molar-refractivity contribution in [3.8, 4) is 11.3 Å². The van der Waals surface area contributed by atoms with Crippen molar-refractivity contribution in [3.05, 3.63) is 88.9 Å². The monoisotopic (exact) mass is 373 g/mol. The lowest BCUT2D eigenvalue weighted by atomic mass is 10.1. The van der Waals surface area contributed by atoms with E-state index in [1.165, 1.54) is 12.1 Å². The molecule has 0 atom stereocenters. The molecule has 2 heterocycles. The van der Waals surface area contributed by atoms with Gasteiger partial charge < -0.3 is 5.32 Å². The molecule has 0 radical (unpaired) electrons. The number of nitro benzene ring substituents is 1. The highest BCUT2D eigenvalue weighted by Crippen LogP contribution is 2.21. The van der Waals surface area contributed by atoms with Crippen LogP contribution in [0.25, 0.3) is 17.0 Å². The maximum Gasteiger partial charge on any atom is 0.269 e. The normalized spacial score (nSPS) is 10.7. The van der Waals surface area contributed by atoms with Gasteiger partial charge in [0.15, 0.2) is 0 Å². The van der Waals surface area contributed by atoms with Crippen molar-refractivity contribution in [1.29, 1.82) is 0 Å². The summed E-state index contributed by atoms with van der Waals surface area (Å²) in [5.74, 6) is 0.427. The third kappa shape index (κ3) is 3.70. The number of imidazole rings is 1. The summed E-state index contributed by atoms with van der Waals surface area (Å²) in [4.78, 5) is 31.1. The van der Waals surface area contributed by atoms with Crippen molar-refractivity contribution in [2.45, 2.75) is 6.42 Å². The standard InChI is InChI=1S/C20H15N5O3/c26-19(12-14-2-8-17(9-3-14)25(27)28)22-16-6-4-15(5-7-16)18-13-24-11-1-10-21-20(24)23-18/h1-11,13H,12H2,(H,22,26). The number of nitro groups is 1. The van der Waals surface area contributed by atoms with Crippen LogP contribution in [0.1, 0.15) is 5.56 Å². The van der Waals surface area contributed by atoms with Crippen LogP contribution in [0.5, 0.6) is 0 Å². The molecule has 0 aliphatic heterocycles. The summed E-state index contributed by atoms with van der Waals surface area (Å²) in [5, 5.41) is 13.5. The Kier molecular flexibility index (Phi) is 4.51. The molecular formula is C20H15N5O3. The predicted octanol–water partition coefficient (Wildman–Crippen LogP) is 3.49. The zero-order valence-electron chi connectivity index (χ0n) is 14.6. The van der Waals surface area contributed by atoms with Crippen LogP contribution < -0.4 is 5.32 Å². The lowest BCUT2D eigenvalue weighted by Gasteiger charge is -2.06. The first-order valence-electron chi connectivity index (χ1n) is 8.52. The number of carbonyl (C=O) groups is 1. The number of aromatic nitrogens is 3. The molecular weight excluding hydrogens is 358 g/mol. The van der Waals surface area contributed by atoms with Crippen LogP contribution in [0.15, 0.2) is 73.2 Å². The third-order valence-electron chi connectivity index (χ3n) is 4.21. The van der Waals surface area contributed by atoms with Crippen molar-refractivity contribution in [2.24, 2.45) is 0 Å². The van der Waals surface area contributed by atoms with Gasteiger partial charge in [-0.15, -0.1) is 0 Å². The zero-order valence-corrected chi connectivity index (χ0v) is 14.6. The number of hydrogen-bond acceptors (Lipinski definition) is 5. The van der Waals surface area contributed by atoms with E-state index in [4.69, 9.17) is 0 Å². The second-order valence-electron chi connectivity index (χ2n) is 6.18. The summed E-state index contributed by atoms with van der Waals surface area (Å²) in [7, 11) is 0. The molecule has 0 saturated carbocycles. The minimum absolute atomic E-state index is 0.00175. The van der Waals surface area contributed by atoms with E-state index in [1.807, 2.05) is 35.0 Å². The summed E-state index contributed by atoms with van der Waals surface area (Å²) in [6.45, 7) is 0. The second kappa shape index (κ2) is 7.28. The highest BCUT2D eigenvalue weighted by Gasteiger charge is 2.09. The summed E-state index contributed by atoms with van der Waals surface area (Å²) in [5.41, 5.74) is 3.08. The number of fused-ring (bicyclic) bond motifs is 1. The van der Waals surface area contributed by atoms with E-state index in [-0.39, 0.29) is 18.0 Å². The molecule has 4 aromatic rings. The minimum atomic E-state index is -0.468. The Balaban J connectivity index is 1.42. The van der Waals surface area contributed by atoms with Crippen LogP contribution in [0.2, 0.25) is 0 Å². The molecule has 2 aromatic carbocycles. The summed E-state index contributed by atoms with van der Waals surface area (Å²) in [6, 6.07) is 15.1. The fraction of sp³-hybridized carbons (Fsp3) is 0.0500. The summed E-state index contributed by atoms with van der Waals surface area (Å²) >= 11 is 0. The smallest absolute Gasteiger partial charge is 0.269 e. The number of anilines is 1. The van der Waals surface area contributed by atoms with Crippen molar-refractivity contribution < 1.29 is 9.72 Å². The number of nitrogens with one attached hydrogen (secondary N) is 1. The first-order valence-corrected chi connectivity index (χ1v) is 8.52. The second-order valence-corrected chi connectivity index (χ2v) is 6.18. The molecule has 138 valence electrons. The highest BCUT2D eigenvalue weighted by atomic mass is 16.6. The van der Waals surface area contributed by atoms with E-state index in [2.05, 4.69) is 15.3 Å². The van der Waals surface area contributed by atoms with Gasteiger partial charge in [-0.3, -0.25) is 19.3 Å². The molecule has 0 aliphatic carbocycles. The van der Waals surface area contributed by atoms with Gasteiger partial charge in [0.1, 0.15) is 0 Å². The van der Waals surface area contributed by atoms with Gasteiger partial charge in [0.2, 0.25) is 11.7 Å². The van der Waals surface area contributed by atoms with Crippen LogP contribution >= 0.6 is 0 Å². The molecule has 1 amide bonds. The number of hydrogen-bond donors (Lipinski definition) is 1. The van der Waals surface area contributed by atoms with Crippen LogP contribution in [-0.2, 0) is 11.2 Å². The van der Waals surface area contributed by atoms with E-state index in [9.17, 15) is 14.9 Å². The van der Waals surface area contributed by atoms with Crippen LogP contribution in [0, 0.1) is 10.1 Å². The lowest BCUT2D eigenvalue weighted by Crippen LogP contribution is -2.14. The van der Waals surface area contributed by atoms with E-state index in [0.717, 1.165) is 11.3 Å². The van der Waals surface area contributed by atoms with Gasteiger partial charge in [-0.2, -0.15) is 0 Å². The molecule has 0 fully saturated rings. The lowest BCUT2D eigenvalue weighted by molar-refractivity contribution is -0.384. The Labute approximate surface area is 159 Å². The van der Waals surface area contributed by atoms with E-state index >= 15 is 0 Å². The number of non-ortho nitro benzene ring substituents is 1. The maximum absolute atomic E-state index is 12.2. The maximum atomic E-state index is 12.2. The first-order chi connectivity index (χ1) is 13.6. The van der Waals surface area contributed by atoms with Crippen LogP contribution in [0.4, 0.5) is 11.4 Å². The fourth-order valence-corrected chi connectivity index (χ4v) is 2.82. The number of rotatable bonds is 5. The quantitative estimate of drug-likeness (QED) is 0.426. The van der Waals surface area contributed by atoms with Crippen molar-refractivity contribution >= 4 is 23.1 Å². The molecule has 4 rings (SSSR count). The molecule has 8 heteroatoms. The molecule has 0 aliphatic rings.